The zero-order valence-electron chi connectivity index (χ0n) is 10.4. The first-order valence-electron chi connectivity index (χ1n) is 6.10. The van der Waals surface area contributed by atoms with E-state index < -0.39 is 4.32 Å². The number of likely N-dealkylation sites (N-methyl/N-ethyl adjacent to an activating group) is 1. The number of nitrogens with zero attached hydrogens (tertiary/aromatic N) is 2. The number of carbonyl (C=O) groups excluding carboxylic acids is 1. The molecule has 0 aromatic heterocycles. The minimum atomic E-state index is -0.421. The van der Waals surface area contributed by atoms with Crippen LogP contribution in [0.3, 0.4) is 0 Å². The molecule has 2 unspecified atom stereocenters. The third kappa shape index (κ3) is 2.28. The van der Waals surface area contributed by atoms with E-state index in [0.29, 0.717) is 12.1 Å². The first-order chi connectivity index (χ1) is 7.39. The van der Waals surface area contributed by atoms with E-state index in [9.17, 15) is 4.79 Å². The van der Waals surface area contributed by atoms with Crippen LogP contribution in [0.1, 0.15) is 33.1 Å². The fourth-order valence-corrected chi connectivity index (χ4v) is 3.12. The molecular weight excluding hydrogens is 268 g/mol. The summed E-state index contributed by atoms with van der Waals surface area (Å²) >= 11 is 3.47. The van der Waals surface area contributed by atoms with Gasteiger partial charge in [0.1, 0.15) is 0 Å². The SMILES string of the molecule is CN1C2CCC1CN(C(=O)C(C)(C)Br)CC2. The molecule has 2 heterocycles. The highest BCUT2D eigenvalue weighted by atomic mass is 79.9. The Morgan fingerprint density at radius 3 is 2.50 bits per heavy atom. The lowest BCUT2D eigenvalue weighted by atomic mass is 10.1. The summed E-state index contributed by atoms with van der Waals surface area (Å²) < 4.78 is -0.421. The molecule has 2 aliphatic rings. The third-order valence-electron chi connectivity index (χ3n) is 3.94. The van der Waals surface area contributed by atoms with Crippen molar-refractivity contribution in [3.05, 3.63) is 0 Å². The van der Waals surface area contributed by atoms with Crippen LogP contribution in [0.15, 0.2) is 0 Å². The van der Waals surface area contributed by atoms with Crippen LogP contribution in [0.5, 0.6) is 0 Å². The van der Waals surface area contributed by atoms with Crippen molar-refractivity contribution in [1.29, 1.82) is 0 Å². The van der Waals surface area contributed by atoms with Crippen molar-refractivity contribution in [3.8, 4) is 0 Å². The molecule has 0 aromatic carbocycles. The molecular formula is C12H21BrN2O. The van der Waals surface area contributed by atoms with Crippen LogP contribution in [0.25, 0.3) is 0 Å². The normalized spacial score (nSPS) is 31.6. The van der Waals surface area contributed by atoms with Crippen molar-refractivity contribution in [2.24, 2.45) is 0 Å². The van der Waals surface area contributed by atoms with Gasteiger partial charge in [-0.05, 0) is 40.2 Å². The highest BCUT2D eigenvalue weighted by Crippen LogP contribution is 2.30. The molecule has 0 saturated carbocycles. The molecule has 1 amide bonds. The molecule has 0 radical (unpaired) electrons. The van der Waals surface area contributed by atoms with E-state index >= 15 is 0 Å². The van der Waals surface area contributed by atoms with Gasteiger partial charge in [0, 0.05) is 25.2 Å². The smallest absolute Gasteiger partial charge is 0.238 e. The number of halogens is 1. The average molecular weight is 289 g/mol. The highest BCUT2D eigenvalue weighted by Gasteiger charge is 2.38. The summed E-state index contributed by atoms with van der Waals surface area (Å²) in [5, 5.41) is 0. The fourth-order valence-electron chi connectivity index (χ4n) is 2.87. The average Bonchev–Trinajstić information content (AvgIpc) is 2.39. The second-order valence-electron chi connectivity index (χ2n) is 5.56. The van der Waals surface area contributed by atoms with Crippen molar-refractivity contribution in [2.45, 2.75) is 49.5 Å². The summed E-state index contributed by atoms with van der Waals surface area (Å²) in [4.78, 5) is 16.7. The minimum absolute atomic E-state index is 0.230. The first-order valence-corrected chi connectivity index (χ1v) is 6.89. The van der Waals surface area contributed by atoms with Gasteiger partial charge in [0.05, 0.1) is 4.32 Å². The standard InChI is InChI=1S/C12H21BrN2O/c1-12(2,13)11(16)15-7-6-9-4-5-10(8-15)14(9)3/h9-10H,4-8H2,1-3H3. The topological polar surface area (TPSA) is 23.6 Å². The predicted molar refractivity (Wildman–Crippen MR) is 68.8 cm³/mol. The minimum Gasteiger partial charge on any atom is -0.340 e. The van der Waals surface area contributed by atoms with Crippen LogP contribution in [0.2, 0.25) is 0 Å². The lowest BCUT2D eigenvalue weighted by molar-refractivity contribution is -0.133. The summed E-state index contributed by atoms with van der Waals surface area (Å²) in [6.07, 6.45) is 3.68. The Labute approximate surface area is 106 Å². The van der Waals surface area contributed by atoms with Crippen molar-refractivity contribution in [2.75, 3.05) is 20.1 Å². The van der Waals surface area contributed by atoms with Gasteiger partial charge in [-0.25, -0.2) is 0 Å². The molecule has 3 nitrogen and oxygen atoms in total. The van der Waals surface area contributed by atoms with Gasteiger partial charge >= 0.3 is 0 Å². The number of amides is 1. The molecule has 2 aliphatic heterocycles. The van der Waals surface area contributed by atoms with E-state index in [1.807, 2.05) is 18.7 Å². The second kappa shape index (κ2) is 4.30. The predicted octanol–water partition coefficient (Wildman–Crippen LogP) is 1.85. The van der Waals surface area contributed by atoms with Crippen molar-refractivity contribution < 1.29 is 4.79 Å². The Kier molecular flexibility index (Phi) is 3.32. The van der Waals surface area contributed by atoms with Crippen molar-refractivity contribution >= 4 is 21.8 Å². The van der Waals surface area contributed by atoms with Gasteiger partial charge in [-0.2, -0.15) is 0 Å². The van der Waals surface area contributed by atoms with E-state index in [2.05, 4.69) is 27.9 Å². The van der Waals surface area contributed by atoms with E-state index in [4.69, 9.17) is 0 Å². The quantitative estimate of drug-likeness (QED) is 0.688. The molecule has 2 bridgehead atoms. The summed E-state index contributed by atoms with van der Waals surface area (Å²) in [5.74, 6) is 0.230. The molecule has 0 spiro atoms. The number of alkyl halides is 1. The molecule has 2 saturated heterocycles. The maximum Gasteiger partial charge on any atom is 0.238 e. The lowest BCUT2D eigenvalue weighted by Gasteiger charge is -2.30. The number of hydrogen-bond donors (Lipinski definition) is 0. The molecule has 0 aromatic rings. The summed E-state index contributed by atoms with van der Waals surface area (Å²) in [6.45, 7) is 5.69. The Balaban J connectivity index is 2.07. The number of rotatable bonds is 1. The molecule has 0 N–H and O–H groups in total. The van der Waals surface area contributed by atoms with Gasteiger partial charge in [0.2, 0.25) is 5.91 Å². The van der Waals surface area contributed by atoms with Gasteiger partial charge in [0.15, 0.2) is 0 Å². The lowest BCUT2D eigenvalue weighted by Crippen LogP contribution is -2.45. The zero-order chi connectivity index (χ0) is 11.9. The van der Waals surface area contributed by atoms with Crippen LogP contribution >= 0.6 is 15.9 Å². The number of fused-ring (bicyclic) bond motifs is 2. The van der Waals surface area contributed by atoms with Crippen molar-refractivity contribution in [3.63, 3.8) is 0 Å². The third-order valence-corrected chi connectivity index (χ3v) is 4.28. The van der Waals surface area contributed by atoms with Crippen molar-refractivity contribution in [1.82, 2.24) is 9.80 Å². The first kappa shape index (κ1) is 12.4. The van der Waals surface area contributed by atoms with E-state index in [1.54, 1.807) is 0 Å². The highest BCUT2D eigenvalue weighted by molar-refractivity contribution is 9.10. The maximum atomic E-state index is 12.2. The molecule has 0 aliphatic carbocycles. The Morgan fingerprint density at radius 2 is 1.88 bits per heavy atom. The molecule has 92 valence electrons. The number of hydrogen-bond acceptors (Lipinski definition) is 2. The maximum absolute atomic E-state index is 12.2. The van der Waals surface area contributed by atoms with E-state index in [-0.39, 0.29) is 5.91 Å². The van der Waals surface area contributed by atoms with Gasteiger partial charge in [-0.1, -0.05) is 15.9 Å². The van der Waals surface area contributed by atoms with Crippen LogP contribution < -0.4 is 0 Å². The van der Waals surface area contributed by atoms with Crippen LogP contribution in [0, 0.1) is 0 Å². The largest absolute Gasteiger partial charge is 0.340 e. The Hall–Kier alpha value is -0.0900. The van der Waals surface area contributed by atoms with Crippen LogP contribution in [-0.4, -0.2) is 52.3 Å². The number of carbonyl (C=O) groups is 1. The number of likely N-dealkylation sites (tertiary alicyclic amines) is 1. The van der Waals surface area contributed by atoms with Gasteiger partial charge in [-0.15, -0.1) is 0 Å². The van der Waals surface area contributed by atoms with Gasteiger partial charge in [0.25, 0.3) is 0 Å². The van der Waals surface area contributed by atoms with Crippen LogP contribution in [-0.2, 0) is 4.79 Å². The van der Waals surface area contributed by atoms with Gasteiger partial charge < -0.3 is 4.90 Å². The van der Waals surface area contributed by atoms with E-state index in [1.165, 1.54) is 12.8 Å². The monoisotopic (exact) mass is 288 g/mol. The Bertz CT molecular complexity index is 287. The van der Waals surface area contributed by atoms with Gasteiger partial charge in [-0.3, -0.25) is 9.69 Å². The molecule has 16 heavy (non-hydrogen) atoms. The molecule has 2 rings (SSSR count). The summed E-state index contributed by atoms with van der Waals surface area (Å²) in [6, 6.07) is 1.27. The molecule has 2 fully saturated rings. The van der Waals surface area contributed by atoms with E-state index in [0.717, 1.165) is 19.5 Å². The zero-order valence-corrected chi connectivity index (χ0v) is 12.0. The Morgan fingerprint density at radius 1 is 1.25 bits per heavy atom. The second-order valence-corrected chi connectivity index (χ2v) is 7.55. The van der Waals surface area contributed by atoms with Crippen LogP contribution in [0.4, 0.5) is 0 Å². The molecule has 2 atom stereocenters. The summed E-state index contributed by atoms with van der Waals surface area (Å²) in [7, 11) is 2.20. The molecule has 4 heteroatoms. The fraction of sp³-hybridized carbons (Fsp3) is 0.917. The summed E-state index contributed by atoms with van der Waals surface area (Å²) in [5.41, 5.74) is 0.